The van der Waals surface area contributed by atoms with Gasteiger partial charge >= 0.3 is 0 Å². The number of benzene rings is 8. The molecule has 14 heteroatoms. The van der Waals surface area contributed by atoms with Crippen LogP contribution in [0.25, 0.3) is 0 Å². The van der Waals surface area contributed by atoms with Gasteiger partial charge in [-0.1, -0.05) is 121 Å². The van der Waals surface area contributed by atoms with Crippen LogP contribution in [-0.4, -0.2) is 72.0 Å². The average molecular weight is 967 g/mol. The van der Waals surface area contributed by atoms with Crippen molar-refractivity contribution in [3.63, 3.8) is 0 Å². The zero-order valence-electron chi connectivity index (χ0n) is 39.2. The summed E-state index contributed by atoms with van der Waals surface area (Å²) in [5.41, 5.74) is 0.318. The third kappa shape index (κ3) is 9.94. The van der Waals surface area contributed by atoms with Crippen molar-refractivity contribution < 1.29 is 68.3 Å². The number of hydrogen-bond donors (Lipinski definition) is 4. The van der Waals surface area contributed by atoms with Crippen LogP contribution < -0.4 is 18.9 Å². The second kappa shape index (κ2) is 21.6. The van der Waals surface area contributed by atoms with Crippen molar-refractivity contribution in [3.8, 4) is 46.0 Å². The quantitative estimate of drug-likeness (QED) is 0.0338. The van der Waals surface area contributed by atoms with E-state index in [1.54, 1.807) is 121 Å². The van der Waals surface area contributed by atoms with Gasteiger partial charge in [0.05, 0.1) is 50.7 Å². The molecule has 0 unspecified atom stereocenters. The predicted octanol–water partition coefficient (Wildman–Crippen LogP) is 10.3. The Morgan fingerprint density at radius 2 is 0.514 bits per heavy atom. The average Bonchev–Trinajstić information content (AvgIpc) is 3.42. The minimum atomic E-state index is -1.62. The number of aromatic hydroxyl groups is 4. The van der Waals surface area contributed by atoms with Crippen LogP contribution in [0.2, 0.25) is 0 Å². The van der Waals surface area contributed by atoms with E-state index >= 15 is 0 Å². The van der Waals surface area contributed by atoms with E-state index in [0.29, 0.717) is 0 Å². The normalized spacial score (nSPS) is 11.0. The van der Waals surface area contributed by atoms with E-state index in [1.807, 2.05) is 0 Å². The third-order valence-electron chi connectivity index (χ3n) is 11.9. The van der Waals surface area contributed by atoms with Gasteiger partial charge in [0, 0.05) is 68.8 Å². The number of ketones is 4. The van der Waals surface area contributed by atoms with Crippen LogP contribution >= 0.6 is 0 Å². The van der Waals surface area contributed by atoms with Crippen molar-refractivity contribution >= 4 is 23.1 Å². The monoisotopic (exact) mass is 966 g/mol. The lowest BCUT2D eigenvalue weighted by molar-refractivity contribution is -0.341. The number of methoxy groups -OCH3 is 4. The molecule has 4 N–H and O–H groups in total. The van der Waals surface area contributed by atoms with Gasteiger partial charge in [0.25, 0.3) is 0 Å². The van der Waals surface area contributed by atoms with Gasteiger partial charge in [0.2, 0.25) is 0 Å². The molecule has 0 saturated heterocycles. The molecule has 0 aliphatic heterocycles. The molecule has 0 spiro atoms. The Morgan fingerprint density at radius 3 is 0.694 bits per heavy atom. The lowest BCUT2D eigenvalue weighted by atomic mass is 9.91. The second-order valence-electron chi connectivity index (χ2n) is 16.2. The minimum absolute atomic E-state index is 0.0330. The van der Waals surface area contributed by atoms with Crippen molar-refractivity contribution in [3.05, 3.63) is 237 Å². The zero-order valence-corrected chi connectivity index (χ0v) is 39.2. The number of ether oxygens (including phenoxy) is 4. The minimum Gasteiger partial charge on any atom is -0.507 e. The summed E-state index contributed by atoms with van der Waals surface area (Å²) >= 11 is 0. The molecule has 8 aromatic carbocycles. The maximum absolute atomic E-state index is 14.2. The largest absolute Gasteiger partial charge is 0.507 e. The Hall–Kier alpha value is -9.24. The molecule has 0 atom stereocenters. The first-order chi connectivity index (χ1) is 34.9. The smallest absolute Gasteiger partial charge is 0.196 e. The molecule has 0 saturated carbocycles. The van der Waals surface area contributed by atoms with Crippen molar-refractivity contribution in [1.82, 2.24) is 0 Å². The molecule has 14 nitrogen and oxygen atoms in total. The summed E-state index contributed by atoms with van der Waals surface area (Å²) in [5.74, 6) is -4.28. The fourth-order valence-electron chi connectivity index (χ4n) is 8.23. The maximum atomic E-state index is 14.2. The third-order valence-corrected chi connectivity index (χ3v) is 11.9. The summed E-state index contributed by atoms with van der Waals surface area (Å²) in [4.78, 5) is 69.8. The summed E-state index contributed by atoms with van der Waals surface area (Å²) in [6, 6.07) is 42.9. The van der Waals surface area contributed by atoms with Crippen LogP contribution in [0.15, 0.2) is 170 Å². The van der Waals surface area contributed by atoms with Crippen LogP contribution in [0.3, 0.4) is 0 Å². The summed E-state index contributed by atoms with van der Waals surface area (Å²) in [7, 11) is 5.26. The molecule has 0 amide bonds. The standard InChI is InChI=1S/C58H46O14/c1-67-49-29-45(59)37(53(63)33-17-9-5-10-18-33)25-41(49)57(42-26-38(46(60)30-50(42)68-2)54(64)34-19-11-6-12-20-34)71-72-58(43-27-39(47(61)31-51(43)69-3)55(65)35-21-13-7-14-22-35)44-28-40(48(62)32-52(44)70-4)56(66)36-23-15-8-16-24-36/h5-32,57-62H,1-4H3. The SMILES string of the molecule is COc1cc(O)c(C(=O)c2ccccc2)cc1C(OOC(c1cc(C(=O)c2ccccc2)c(O)cc1OC)c1cc(C(=O)c2ccccc2)c(O)cc1OC)c1cc(C(=O)c2ccccc2)c(O)cc1OC. The first-order valence-corrected chi connectivity index (χ1v) is 22.2. The highest BCUT2D eigenvalue weighted by molar-refractivity contribution is 6.13. The topological polar surface area (TPSA) is 205 Å². The van der Waals surface area contributed by atoms with Gasteiger partial charge in [-0.15, -0.1) is 0 Å². The highest BCUT2D eigenvalue weighted by Crippen LogP contribution is 2.47. The molecule has 72 heavy (non-hydrogen) atoms. The van der Waals surface area contributed by atoms with E-state index in [0.717, 1.165) is 0 Å². The second-order valence-corrected chi connectivity index (χ2v) is 16.2. The van der Waals surface area contributed by atoms with Gasteiger partial charge < -0.3 is 39.4 Å². The van der Waals surface area contributed by atoms with E-state index in [1.165, 1.54) is 77.0 Å². The number of carbonyl (C=O) groups is 4. The Balaban J connectivity index is 1.39. The number of carbonyl (C=O) groups excluding carboxylic acids is 4. The van der Waals surface area contributed by atoms with Crippen molar-refractivity contribution in [2.75, 3.05) is 28.4 Å². The number of hydrogen-bond acceptors (Lipinski definition) is 14. The predicted molar refractivity (Wildman–Crippen MR) is 264 cm³/mol. The molecular weight excluding hydrogens is 921 g/mol. The van der Waals surface area contributed by atoms with E-state index in [4.69, 9.17) is 28.7 Å². The van der Waals surface area contributed by atoms with Crippen LogP contribution in [0, 0.1) is 0 Å². The van der Waals surface area contributed by atoms with E-state index in [2.05, 4.69) is 0 Å². The molecule has 0 aromatic heterocycles. The van der Waals surface area contributed by atoms with Crippen LogP contribution in [0.4, 0.5) is 0 Å². The molecular formula is C58H46O14. The van der Waals surface area contributed by atoms with Crippen LogP contribution in [0.1, 0.15) is 98.1 Å². The van der Waals surface area contributed by atoms with E-state index in [-0.39, 0.29) is 89.8 Å². The number of phenols is 4. The van der Waals surface area contributed by atoms with Gasteiger partial charge in [0.1, 0.15) is 46.0 Å². The summed E-state index contributed by atoms with van der Waals surface area (Å²) < 4.78 is 23.3. The highest BCUT2D eigenvalue weighted by atomic mass is 17.2. The van der Waals surface area contributed by atoms with E-state index < -0.39 is 58.3 Å². The first kappa shape index (κ1) is 49.2. The molecule has 0 fully saturated rings. The van der Waals surface area contributed by atoms with Gasteiger partial charge in [-0.2, -0.15) is 0 Å². The Kier molecular flexibility index (Phi) is 14.8. The summed E-state index contributed by atoms with van der Waals surface area (Å²) in [6.07, 6.45) is -3.24. The number of phenolic OH excluding ortho intramolecular Hbond substituents is 4. The van der Waals surface area contributed by atoms with Crippen molar-refractivity contribution in [2.45, 2.75) is 12.2 Å². The fraction of sp³-hybridized carbons (Fsp3) is 0.103. The van der Waals surface area contributed by atoms with Gasteiger partial charge in [0.15, 0.2) is 35.3 Å². The molecule has 362 valence electrons. The summed E-state index contributed by atoms with van der Waals surface area (Å²) in [5, 5.41) is 45.6. The first-order valence-electron chi connectivity index (χ1n) is 22.2. The van der Waals surface area contributed by atoms with Crippen LogP contribution in [0.5, 0.6) is 46.0 Å². The fourth-order valence-corrected chi connectivity index (χ4v) is 8.23. The van der Waals surface area contributed by atoms with Gasteiger partial charge in [-0.3, -0.25) is 19.2 Å². The Bertz CT molecular complexity index is 2860. The number of rotatable bonds is 19. The van der Waals surface area contributed by atoms with Crippen molar-refractivity contribution in [2.24, 2.45) is 0 Å². The van der Waals surface area contributed by atoms with Gasteiger partial charge in [-0.05, 0) is 24.3 Å². The molecule has 0 radical (unpaired) electrons. The zero-order chi connectivity index (χ0) is 51.1. The van der Waals surface area contributed by atoms with E-state index in [9.17, 15) is 39.6 Å². The summed E-state index contributed by atoms with van der Waals surface area (Å²) in [6.45, 7) is 0. The lowest BCUT2D eigenvalue weighted by Crippen LogP contribution is -2.17. The molecule has 0 aliphatic carbocycles. The maximum Gasteiger partial charge on any atom is 0.196 e. The van der Waals surface area contributed by atoms with Gasteiger partial charge in [-0.25, -0.2) is 9.78 Å². The molecule has 8 rings (SSSR count). The molecule has 8 aromatic rings. The van der Waals surface area contributed by atoms with Crippen LogP contribution in [-0.2, 0) is 9.78 Å². The molecule has 0 bridgehead atoms. The highest BCUT2D eigenvalue weighted by Gasteiger charge is 2.35. The van der Waals surface area contributed by atoms with Crippen molar-refractivity contribution in [1.29, 1.82) is 0 Å². The molecule has 0 aliphatic rings. The Morgan fingerprint density at radius 1 is 0.319 bits per heavy atom. The molecule has 0 heterocycles. The Labute approximate surface area is 413 Å². The lowest BCUT2D eigenvalue weighted by Gasteiger charge is -2.28.